The third kappa shape index (κ3) is 10.1. The maximum atomic E-state index is 11.6. The van der Waals surface area contributed by atoms with Crippen LogP contribution in [0.3, 0.4) is 0 Å². The van der Waals surface area contributed by atoms with E-state index in [0.717, 1.165) is 0 Å². The maximum absolute atomic E-state index is 11.6. The Labute approximate surface area is 243 Å². The highest BCUT2D eigenvalue weighted by Crippen LogP contribution is 2.39. The zero-order chi connectivity index (χ0) is 30.1. The van der Waals surface area contributed by atoms with Crippen LogP contribution in [0.1, 0.15) is 0 Å². The van der Waals surface area contributed by atoms with Gasteiger partial charge in [-0.25, -0.2) is 0 Å². The van der Waals surface area contributed by atoms with E-state index < -0.39 is 54.8 Å². The molecule has 2 saturated heterocycles. The highest BCUT2D eigenvalue weighted by molar-refractivity contribution is 5.01. The minimum atomic E-state index is -1.80. The molecular weight excluding hydrogens is 536 g/mol. The number of hydrogen-bond acceptors (Lipinski definition) is 11. The summed E-state index contributed by atoms with van der Waals surface area (Å²) in [6.07, 6.45) is 1.25. The van der Waals surface area contributed by atoms with Crippen molar-refractivity contribution in [2.45, 2.75) is 54.8 Å². The smallest absolute Gasteiger partial charge is 0.224 e. The molecule has 0 aromatic rings. The average molecular weight is 583 g/mol. The second-order valence-electron chi connectivity index (χ2n) is 9.28. The zero-order valence-corrected chi connectivity index (χ0v) is 23.8. The van der Waals surface area contributed by atoms with E-state index in [2.05, 4.69) is 39.5 Å². The third-order valence-electron chi connectivity index (χ3n) is 6.21. The van der Waals surface area contributed by atoms with Gasteiger partial charge >= 0.3 is 0 Å². The Hall–Kier alpha value is -2.00. The molecule has 0 aromatic heterocycles. The van der Waals surface area contributed by atoms with Gasteiger partial charge in [0.2, 0.25) is 5.79 Å². The van der Waals surface area contributed by atoms with Crippen molar-refractivity contribution in [3.05, 3.63) is 75.9 Å². The first-order valence-corrected chi connectivity index (χ1v) is 13.5. The first kappa shape index (κ1) is 35.2. The second-order valence-corrected chi connectivity index (χ2v) is 9.28. The van der Waals surface area contributed by atoms with E-state index >= 15 is 0 Å². The van der Waals surface area contributed by atoms with Gasteiger partial charge in [0.25, 0.3) is 0 Å². The van der Waals surface area contributed by atoms with Crippen LogP contribution in [0.5, 0.6) is 0 Å². The standard InChI is InChI=1S/C30H46O11/c1-7-13-33-19-22-24(31)26(37-17-11-5)27(38-18-12-6)29(39-22)41-30(21-35-15-9-3)28(32)25(36-16-10-4)23(40-30)20-34-14-8-2/h7-12,22-29,31-32H,1-6,13-21H2/t22-,23-,24-,25-,26+,27-,28+,29-,30+/m1/s1. The van der Waals surface area contributed by atoms with Crippen LogP contribution >= 0.6 is 0 Å². The van der Waals surface area contributed by atoms with Crippen LogP contribution in [0.25, 0.3) is 0 Å². The Morgan fingerprint density at radius 3 is 1.66 bits per heavy atom. The molecule has 0 aromatic carbocycles. The summed E-state index contributed by atoms with van der Waals surface area (Å²) in [7, 11) is 0. The quantitative estimate of drug-likeness (QED) is 0.136. The summed E-state index contributed by atoms with van der Waals surface area (Å²) in [5, 5.41) is 22.8. The minimum absolute atomic E-state index is 0.00163. The Balaban J connectivity index is 2.47. The molecule has 0 saturated carbocycles. The minimum Gasteiger partial charge on any atom is -0.387 e. The van der Waals surface area contributed by atoms with E-state index in [1.165, 1.54) is 0 Å². The van der Waals surface area contributed by atoms with E-state index in [1.54, 1.807) is 36.5 Å². The van der Waals surface area contributed by atoms with E-state index in [9.17, 15) is 10.2 Å². The van der Waals surface area contributed by atoms with Crippen LogP contribution < -0.4 is 0 Å². The Morgan fingerprint density at radius 2 is 1.10 bits per heavy atom. The van der Waals surface area contributed by atoms with Crippen molar-refractivity contribution in [2.24, 2.45) is 0 Å². The largest absolute Gasteiger partial charge is 0.387 e. The summed E-state index contributed by atoms with van der Waals surface area (Å²) < 4.78 is 53.7. The molecule has 0 radical (unpaired) electrons. The van der Waals surface area contributed by atoms with Gasteiger partial charge in [-0.1, -0.05) is 36.5 Å². The molecule has 2 rings (SSSR count). The van der Waals surface area contributed by atoms with E-state index in [-0.39, 0.29) is 59.5 Å². The number of aliphatic hydroxyl groups excluding tert-OH is 2. The highest BCUT2D eigenvalue weighted by Gasteiger charge is 2.60. The third-order valence-corrected chi connectivity index (χ3v) is 6.21. The van der Waals surface area contributed by atoms with E-state index in [0.29, 0.717) is 0 Å². The fourth-order valence-electron chi connectivity index (χ4n) is 4.47. The molecule has 2 aliphatic heterocycles. The zero-order valence-electron chi connectivity index (χ0n) is 23.8. The number of aliphatic hydroxyl groups is 2. The van der Waals surface area contributed by atoms with Crippen molar-refractivity contribution >= 4 is 0 Å². The van der Waals surface area contributed by atoms with Gasteiger partial charge in [0.15, 0.2) is 6.29 Å². The molecule has 0 bridgehead atoms. The van der Waals surface area contributed by atoms with Crippen LogP contribution in [0.4, 0.5) is 0 Å². The van der Waals surface area contributed by atoms with Gasteiger partial charge in [0.05, 0.1) is 52.9 Å². The van der Waals surface area contributed by atoms with Gasteiger partial charge in [-0.05, 0) is 0 Å². The molecule has 2 N–H and O–H groups in total. The van der Waals surface area contributed by atoms with Crippen molar-refractivity contribution < 1.29 is 52.8 Å². The summed E-state index contributed by atoms with van der Waals surface area (Å²) >= 11 is 0. The molecule has 0 aliphatic carbocycles. The van der Waals surface area contributed by atoms with E-state index in [4.69, 9.17) is 42.6 Å². The highest BCUT2D eigenvalue weighted by atomic mass is 16.8. The lowest BCUT2D eigenvalue weighted by atomic mass is 9.98. The van der Waals surface area contributed by atoms with Crippen molar-refractivity contribution in [1.82, 2.24) is 0 Å². The molecule has 9 atom stereocenters. The lowest BCUT2D eigenvalue weighted by Crippen LogP contribution is -2.64. The molecule has 2 fully saturated rings. The number of hydrogen-bond donors (Lipinski definition) is 2. The Bertz CT molecular complexity index is 820. The SMILES string of the molecule is C=CCOC[C@H]1O[C@H](O[C@]2(COCC=C)O[C@H](COCC=C)[C@@H](OCC=C)[C@@H]2O)[C@H](OCC=C)[C@@H](OCC=C)[C@@H]1O. The molecule has 0 spiro atoms. The van der Waals surface area contributed by atoms with Gasteiger partial charge < -0.3 is 52.8 Å². The predicted molar refractivity (Wildman–Crippen MR) is 152 cm³/mol. The fraction of sp³-hybridized carbons (Fsp3) is 0.600. The lowest BCUT2D eigenvalue weighted by molar-refractivity contribution is -0.390. The molecule has 232 valence electrons. The Kier molecular flexibility index (Phi) is 16.5. The maximum Gasteiger partial charge on any atom is 0.224 e. The molecule has 11 heteroatoms. The summed E-state index contributed by atoms with van der Waals surface area (Å²) in [6.45, 7) is 22.9. The molecular formula is C30H46O11. The normalized spacial score (nSPS) is 33.2. The summed E-state index contributed by atoms with van der Waals surface area (Å²) in [5.41, 5.74) is 0. The van der Waals surface area contributed by atoms with Crippen LogP contribution in [0.15, 0.2) is 75.9 Å². The van der Waals surface area contributed by atoms with Gasteiger partial charge in [0.1, 0.15) is 49.3 Å². The van der Waals surface area contributed by atoms with Gasteiger partial charge in [-0.3, -0.25) is 0 Å². The monoisotopic (exact) mass is 582 g/mol. The van der Waals surface area contributed by atoms with Crippen molar-refractivity contribution in [3.63, 3.8) is 0 Å². The molecule has 2 heterocycles. The van der Waals surface area contributed by atoms with Crippen LogP contribution in [-0.4, -0.2) is 124 Å². The number of ether oxygens (including phenoxy) is 9. The first-order chi connectivity index (χ1) is 19.9. The van der Waals surface area contributed by atoms with Gasteiger partial charge in [-0.15, -0.1) is 39.5 Å². The molecule has 41 heavy (non-hydrogen) atoms. The summed E-state index contributed by atoms with van der Waals surface area (Å²) in [5.74, 6) is -1.80. The molecule has 11 nitrogen and oxygen atoms in total. The van der Waals surface area contributed by atoms with Crippen molar-refractivity contribution in [3.8, 4) is 0 Å². The predicted octanol–water partition coefficient (Wildman–Crippen LogP) is 1.87. The van der Waals surface area contributed by atoms with Crippen molar-refractivity contribution in [2.75, 3.05) is 59.5 Å². The van der Waals surface area contributed by atoms with Crippen LogP contribution in [0, 0.1) is 0 Å². The van der Waals surface area contributed by atoms with Gasteiger partial charge in [-0.2, -0.15) is 0 Å². The van der Waals surface area contributed by atoms with Crippen LogP contribution in [0.2, 0.25) is 0 Å². The molecule has 2 aliphatic rings. The Morgan fingerprint density at radius 1 is 0.610 bits per heavy atom. The topological polar surface area (TPSA) is 124 Å². The van der Waals surface area contributed by atoms with Crippen LogP contribution in [-0.2, 0) is 42.6 Å². The lowest BCUT2D eigenvalue weighted by Gasteiger charge is -2.46. The average Bonchev–Trinajstić information content (AvgIpc) is 3.22. The van der Waals surface area contributed by atoms with Gasteiger partial charge in [0, 0.05) is 0 Å². The molecule has 0 amide bonds. The molecule has 0 unspecified atom stereocenters. The van der Waals surface area contributed by atoms with E-state index in [1.807, 2.05) is 0 Å². The summed E-state index contributed by atoms with van der Waals surface area (Å²) in [6, 6.07) is 0. The fourth-order valence-corrected chi connectivity index (χ4v) is 4.47. The first-order valence-electron chi connectivity index (χ1n) is 13.5. The van der Waals surface area contributed by atoms with Crippen molar-refractivity contribution in [1.29, 1.82) is 0 Å². The number of rotatable bonds is 23. The second kappa shape index (κ2) is 19.2. The summed E-state index contributed by atoms with van der Waals surface area (Å²) in [4.78, 5) is 0.